The largest absolute Gasteiger partial charge is 0.280 e. The van der Waals surface area contributed by atoms with Crippen LogP contribution in [0.3, 0.4) is 0 Å². The predicted octanol–water partition coefficient (Wildman–Crippen LogP) is 2.50. The van der Waals surface area contributed by atoms with Crippen LogP contribution in [0, 0.1) is 14.9 Å². The Morgan fingerprint density at radius 1 is 1.58 bits per heavy atom. The molecule has 1 heterocycles. The zero-order valence-corrected chi connectivity index (χ0v) is 7.92. The number of aromatic nitrogens is 1. The van der Waals surface area contributed by atoms with Crippen LogP contribution < -0.4 is 0 Å². The van der Waals surface area contributed by atoms with Crippen LogP contribution in [0.5, 0.6) is 0 Å². The third kappa shape index (κ3) is 1.88. The molecule has 0 aromatic carbocycles. The molecule has 1 rings (SSSR count). The highest BCUT2D eigenvalue weighted by Crippen LogP contribution is 2.19. The van der Waals surface area contributed by atoms with Crippen LogP contribution in [0.25, 0.3) is 0 Å². The second-order valence-electron chi connectivity index (χ2n) is 2.00. The number of nitrogens with zero attached hydrogens (tertiary/aromatic N) is 2. The SMILES string of the molecule is N#Cc1cc(C(F)F)ncc1I. The van der Waals surface area contributed by atoms with Gasteiger partial charge >= 0.3 is 0 Å². The summed E-state index contributed by atoms with van der Waals surface area (Å²) < 4.78 is 24.7. The summed E-state index contributed by atoms with van der Waals surface area (Å²) in [6, 6.07) is 2.91. The van der Waals surface area contributed by atoms with Crippen molar-refractivity contribution < 1.29 is 8.78 Å². The summed E-state index contributed by atoms with van der Waals surface area (Å²) in [5, 5.41) is 8.50. The van der Waals surface area contributed by atoms with E-state index in [-0.39, 0.29) is 11.3 Å². The van der Waals surface area contributed by atoms with Gasteiger partial charge < -0.3 is 0 Å². The average Bonchev–Trinajstić information content (AvgIpc) is 2.05. The number of hydrogen-bond donors (Lipinski definition) is 0. The normalized spacial score (nSPS) is 9.92. The minimum Gasteiger partial charge on any atom is -0.254 e. The van der Waals surface area contributed by atoms with Crippen molar-refractivity contribution in [2.75, 3.05) is 0 Å². The Balaban J connectivity index is 3.16. The van der Waals surface area contributed by atoms with Crippen LogP contribution in [-0.2, 0) is 0 Å². The second-order valence-corrected chi connectivity index (χ2v) is 3.16. The molecule has 0 saturated heterocycles. The maximum Gasteiger partial charge on any atom is 0.280 e. The minimum absolute atomic E-state index is 0.237. The highest BCUT2D eigenvalue weighted by Gasteiger charge is 2.10. The summed E-state index contributed by atoms with van der Waals surface area (Å²) in [7, 11) is 0. The molecule has 0 aliphatic heterocycles. The van der Waals surface area contributed by atoms with Gasteiger partial charge in [0.15, 0.2) is 0 Å². The Bertz CT molecular complexity index is 333. The highest BCUT2D eigenvalue weighted by atomic mass is 127. The van der Waals surface area contributed by atoms with Gasteiger partial charge in [-0.15, -0.1) is 0 Å². The lowest BCUT2D eigenvalue weighted by Crippen LogP contribution is -1.93. The Hall–Kier alpha value is -0.770. The predicted molar refractivity (Wildman–Crippen MR) is 46.6 cm³/mol. The molecule has 0 N–H and O–H groups in total. The standard InChI is InChI=1S/C7H3F2IN2/c8-7(9)6-1-4(2-11)5(10)3-12-6/h1,3,7H. The molecule has 0 amide bonds. The third-order valence-electron chi connectivity index (χ3n) is 1.22. The van der Waals surface area contributed by atoms with Gasteiger partial charge in [0.05, 0.1) is 5.56 Å². The summed E-state index contributed by atoms with van der Waals surface area (Å²) in [5.74, 6) is 0. The molecule has 5 heteroatoms. The van der Waals surface area contributed by atoms with Crippen molar-refractivity contribution in [2.24, 2.45) is 0 Å². The fourth-order valence-corrected chi connectivity index (χ4v) is 1.08. The second kappa shape index (κ2) is 3.76. The number of nitriles is 1. The Morgan fingerprint density at radius 2 is 2.25 bits per heavy atom. The van der Waals surface area contributed by atoms with Gasteiger partial charge in [0.25, 0.3) is 6.43 Å². The molecular formula is C7H3F2IN2. The zero-order valence-electron chi connectivity index (χ0n) is 5.76. The van der Waals surface area contributed by atoms with E-state index in [9.17, 15) is 8.78 Å². The van der Waals surface area contributed by atoms with E-state index in [0.29, 0.717) is 3.57 Å². The van der Waals surface area contributed by atoms with Crippen molar-refractivity contribution in [3.8, 4) is 6.07 Å². The van der Waals surface area contributed by atoms with Crippen molar-refractivity contribution in [2.45, 2.75) is 6.43 Å². The summed E-state index contributed by atoms with van der Waals surface area (Å²) in [4.78, 5) is 3.48. The molecule has 12 heavy (non-hydrogen) atoms. The lowest BCUT2D eigenvalue weighted by Gasteiger charge is -1.99. The fraction of sp³-hybridized carbons (Fsp3) is 0.143. The van der Waals surface area contributed by atoms with Crippen LogP contribution in [0.15, 0.2) is 12.3 Å². The third-order valence-corrected chi connectivity index (χ3v) is 2.08. The lowest BCUT2D eigenvalue weighted by atomic mass is 10.2. The van der Waals surface area contributed by atoms with E-state index in [4.69, 9.17) is 5.26 Å². The maximum atomic E-state index is 12.0. The lowest BCUT2D eigenvalue weighted by molar-refractivity contribution is 0.146. The van der Waals surface area contributed by atoms with Gasteiger partial charge in [-0.1, -0.05) is 0 Å². The van der Waals surface area contributed by atoms with E-state index in [1.54, 1.807) is 0 Å². The van der Waals surface area contributed by atoms with Crippen molar-refractivity contribution in [3.05, 3.63) is 27.1 Å². The number of rotatable bonds is 1. The quantitative estimate of drug-likeness (QED) is 0.741. The Labute approximate surface area is 81.4 Å². The van der Waals surface area contributed by atoms with Crippen molar-refractivity contribution in [3.63, 3.8) is 0 Å². The molecule has 2 nitrogen and oxygen atoms in total. The molecule has 0 bridgehead atoms. The average molecular weight is 280 g/mol. The van der Waals surface area contributed by atoms with Crippen molar-refractivity contribution >= 4 is 22.6 Å². The zero-order chi connectivity index (χ0) is 9.14. The van der Waals surface area contributed by atoms with Gasteiger partial charge in [-0.2, -0.15) is 5.26 Å². The Kier molecular flexibility index (Phi) is 2.92. The van der Waals surface area contributed by atoms with Crippen LogP contribution in [0.2, 0.25) is 0 Å². The molecule has 1 aromatic rings. The monoisotopic (exact) mass is 280 g/mol. The van der Waals surface area contributed by atoms with Crippen LogP contribution in [0.1, 0.15) is 17.7 Å². The molecule has 0 atom stereocenters. The summed E-state index contributed by atoms with van der Waals surface area (Å²) in [6.45, 7) is 0. The fourth-order valence-electron chi connectivity index (χ4n) is 0.660. The van der Waals surface area contributed by atoms with Crippen LogP contribution in [-0.4, -0.2) is 4.98 Å². The topological polar surface area (TPSA) is 36.7 Å². The molecule has 0 spiro atoms. The number of alkyl halides is 2. The summed E-state index contributed by atoms with van der Waals surface area (Å²) in [5.41, 5.74) is -0.118. The van der Waals surface area contributed by atoms with Gasteiger partial charge in [-0.3, -0.25) is 4.98 Å². The van der Waals surface area contributed by atoms with Gasteiger partial charge in [0.1, 0.15) is 11.8 Å². The van der Waals surface area contributed by atoms with Crippen molar-refractivity contribution in [1.82, 2.24) is 4.98 Å². The first-order chi connectivity index (χ1) is 5.65. The number of pyridine rings is 1. The molecule has 0 aliphatic rings. The molecule has 0 fully saturated rings. The van der Waals surface area contributed by atoms with E-state index in [1.807, 2.05) is 28.7 Å². The van der Waals surface area contributed by atoms with E-state index in [1.165, 1.54) is 6.20 Å². The Morgan fingerprint density at radius 3 is 2.75 bits per heavy atom. The van der Waals surface area contributed by atoms with E-state index in [0.717, 1.165) is 6.07 Å². The van der Waals surface area contributed by atoms with E-state index >= 15 is 0 Å². The van der Waals surface area contributed by atoms with Crippen LogP contribution >= 0.6 is 22.6 Å². The minimum atomic E-state index is -2.62. The highest BCUT2D eigenvalue weighted by molar-refractivity contribution is 14.1. The number of hydrogen-bond acceptors (Lipinski definition) is 2. The first-order valence-electron chi connectivity index (χ1n) is 2.99. The number of halogens is 3. The van der Waals surface area contributed by atoms with Gasteiger partial charge in [-0.25, -0.2) is 8.78 Å². The molecule has 1 aromatic heterocycles. The van der Waals surface area contributed by atoms with Gasteiger partial charge in [-0.05, 0) is 28.7 Å². The molecule has 0 unspecified atom stereocenters. The van der Waals surface area contributed by atoms with Crippen LogP contribution in [0.4, 0.5) is 8.78 Å². The molecule has 62 valence electrons. The molecule has 0 saturated carbocycles. The summed E-state index contributed by atoms with van der Waals surface area (Å²) >= 11 is 1.87. The summed E-state index contributed by atoms with van der Waals surface area (Å²) in [6.07, 6.45) is -1.35. The smallest absolute Gasteiger partial charge is 0.254 e. The van der Waals surface area contributed by atoms with Crippen molar-refractivity contribution in [1.29, 1.82) is 5.26 Å². The molecule has 0 radical (unpaired) electrons. The molecular weight excluding hydrogens is 277 g/mol. The van der Waals surface area contributed by atoms with Gasteiger partial charge in [0.2, 0.25) is 0 Å². The maximum absolute atomic E-state index is 12.0. The first kappa shape index (κ1) is 9.32. The first-order valence-corrected chi connectivity index (χ1v) is 4.06. The van der Waals surface area contributed by atoms with E-state index < -0.39 is 6.43 Å². The molecule has 0 aliphatic carbocycles. The van der Waals surface area contributed by atoms with E-state index in [2.05, 4.69) is 4.98 Å². The van der Waals surface area contributed by atoms with Gasteiger partial charge in [0, 0.05) is 9.77 Å².